The van der Waals surface area contributed by atoms with E-state index in [2.05, 4.69) is 0 Å². The molecule has 0 heterocycles. The topological polar surface area (TPSA) is 46.6 Å². The number of carbonyl (C=O) groups is 1. The van der Waals surface area contributed by atoms with Crippen LogP contribution in [-0.2, 0) is 10.2 Å². The number of hydrogen-bond acceptors (Lipinski definition) is 3. The molecule has 0 N–H and O–H groups in total. The summed E-state index contributed by atoms with van der Waals surface area (Å²) < 4.78 is 16.3. The molecule has 0 bridgehead atoms. The Kier molecular flexibility index (Phi) is 4.38. The van der Waals surface area contributed by atoms with E-state index in [1.54, 1.807) is 18.2 Å². The Hall–Kier alpha value is -0.780. The molecule has 4 nitrogen and oxygen atoms in total. The summed E-state index contributed by atoms with van der Waals surface area (Å²) in [5.74, 6) is 0.193. The van der Waals surface area contributed by atoms with Crippen molar-refractivity contribution in [3.05, 3.63) is 29.3 Å². The predicted octanol–water partition coefficient (Wildman–Crippen LogP) is 2.59. The highest BCUT2D eigenvalue weighted by Gasteiger charge is 2.16. The summed E-state index contributed by atoms with van der Waals surface area (Å²) >= 11 is 5.75. The summed E-state index contributed by atoms with van der Waals surface area (Å²) in [4.78, 5) is 11.3. The van der Waals surface area contributed by atoms with Crippen molar-refractivity contribution in [3.8, 4) is 5.75 Å². The van der Waals surface area contributed by atoms with E-state index in [-0.39, 0.29) is 5.75 Å². The van der Waals surface area contributed by atoms with Gasteiger partial charge in [-0.3, -0.25) is 0 Å². The van der Waals surface area contributed by atoms with Gasteiger partial charge >= 0.3 is 6.09 Å². The smallest absolute Gasteiger partial charge is 0.408 e. The van der Waals surface area contributed by atoms with Crippen LogP contribution >= 0.6 is 22.3 Å². The van der Waals surface area contributed by atoms with E-state index in [0.717, 1.165) is 4.31 Å². The maximum Gasteiger partial charge on any atom is 0.427 e. The molecule has 0 spiro atoms. The van der Waals surface area contributed by atoms with Crippen LogP contribution in [-0.4, -0.2) is 21.7 Å². The number of hydrogen-bond donors (Lipinski definition) is 0. The van der Waals surface area contributed by atoms with Crippen LogP contribution in [0.5, 0.6) is 5.75 Å². The molecular weight excluding hydrogens is 261 g/mol. The van der Waals surface area contributed by atoms with Gasteiger partial charge in [0.25, 0.3) is 0 Å². The summed E-state index contributed by atoms with van der Waals surface area (Å²) in [5, 5.41) is 0.291. The molecule has 0 fully saturated rings. The fourth-order valence-corrected chi connectivity index (χ4v) is 1.24. The second-order valence-corrected chi connectivity index (χ2v) is 4.66. The van der Waals surface area contributed by atoms with Crippen LogP contribution in [0.2, 0.25) is 5.02 Å². The van der Waals surface area contributed by atoms with Gasteiger partial charge in [-0.1, -0.05) is 23.7 Å². The average Bonchev–Trinajstić information content (AvgIpc) is 2.20. The third-order valence-corrected chi connectivity index (χ3v) is 3.02. The summed E-state index contributed by atoms with van der Waals surface area (Å²) in [6.07, 6.45) is -0.837. The van der Waals surface area contributed by atoms with Gasteiger partial charge in [0, 0.05) is 17.7 Å². The highest BCUT2D eigenvalue weighted by molar-refractivity contribution is 8.06. The first-order chi connectivity index (χ1) is 7.02. The molecule has 1 unspecified atom stereocenters. The van der Waals surface area contributed by atoms with Crippen LogP contribution in [0, 0.1) is 0 Å². The number of ether oxygens (including phenoxy) is 1. The van der Waals surface area contributed by atoms with E-state index in [0.29, 0.717) is 5.02 Å². The van der Waals surface area contributed by atoms with Gasteiger partial charge in [0.15, 0.2) is 5.75 Å². The summed E-state index contributed by atoms with van der Waals surface area (Å²) in [6, 6.07) is 6.45. The van der Waals surface area contributed by atoms with E-state index < -0.39 is 16.3 Å². The van der Waals surface area contributed by atoms with Gasteiger partial charge in [0.05, 0.1) is 5.02 Å². The number of carbonyl (C=O) groups excluding carboxylic acids is 1. The largest absolute Gasteiger partial charge is 0.427 e. The highest BCUT2D eigenvalue weighted by Crippen LogP contribution is 2.23. The van der Waals surface area contributed by atoms with Crippen molar-refractivity contribution in [2.45, 2.75) is 0 Å². The molecule has 0 saturated carbocycles. The van der Waals surface area contributed by atoms with E-state index in [1.165, 1.54) is 13.1 Å². The SMILES string of the molecule is CN(C(=O)Oc1ccccc1Cl)S(=O)Cl. The number of amides is 1. The maximum atomic E-state index is 11.3. The van der Waals surface area contributed by atoms with Crippen molar-refractivity contribution in [2.75, 3.05) is 7.05 Å². The van der Waals surface area contributed by atoms with Crippen molar-refractivity contribution in [1.82, 2.24) is 4.31 Å². The first kappa shape index (κ1) is 12.3. The lowest BCUT2D eigenvalue weighted by atomic mass is 10.3. The number of halogens is 2. The quantitative estimate of drug-likeness (QED) is 0.774. The molecule has 0 saturated heterocycles. The maximum absolute atomic E-state index is 11.3. The normalized spacial score (nSPS) is 11.9. The molecule has 1 aromatic rings. The molecular formula is C8H7Cl2NO3S. The summed E-state index contributed by atoms with van der Waals surface area (Å²) in [5.41, 5.74) is 0. The average molecular weight is 268 g/mol. The van der Waals surface area contributed by atoms with Crippen LogP contribution in [0.4, 0.5) is 4.79 Å². The van der Waals surface area contributed by atoms with Gasteiger partial charge in [-0.2, -0.15) is 0 Å². The second kappa shape index (κ2) is 5.34. The van der Waals surface area contributed by atoms with Crippen molar-refractivity contribution < 1.29 is 13.7 Å². The van der Waals surface area contributed by atoms with Crippen molar-refractivity contribution in [1.29, 1.82) is 0 Å². The number of para-hydroxylation sites is 1. The van der Waals surface area contributed by atoms with Crippen LogP contribution in [0.25, 0.3) is 0 Å². The molecule has 0 radical (unpaired) electrons. The summed E-state index contributed by atoms with van der Waals surface area (Å²) in [7, 11) is 4.51. The first-order valence-corrected chi connectivity index (χ1v) is 6.11. The minimum Gasteiger partial charge on any atom is -0.408 e. The van der Waals surface area contributed by atoms with Crippen molar-refractivity contribution in [2.24, 2.45) is 0 Å². The molecule has 82 valence electrons. The lowest BCUT2D eigenvalue weighted by molar-refractivity contribution is 0.186. The third-order valence-electron chi connectivity index (χ3n) is 1.51. The molecule has 0 aromatic heterocycles. The van der Waals surface area contributed by atoms with Gasteiger partial charge < -0.3 is 4.74 Å². The minimum absolute atomic E-state index is 0.193. The fourth-order valence-electron chi connectivity index (χ4n) is 0.744. The Morgan fingerprint density at radius 3 is 2.60 bits per heavy atom. The standard InChI is InChI=1S/C8H7Cl2NO3S/c1-11(15(10)13)8(12)14-7-5-3-2-4-6(7)9/h2-5H,1H3. The number of benzene rings is 1. The lowest BCUT2D eigenvalue weighted by Crippen LogP contribution is -2.29. The van der Waals surface area contributed by atoms with E-state index in [9.17, 15) is 9.00 Å². The van der Waals surface area contributed by atoms with E-state index >= 15 is 0 Å². The lowest BCUT2D eigenvalue weighted by Gasteiger charge is -2.12. The molecule has 1 atom stereocenters. The Labute approximate surface area is 98.8 Å². The van der Waals surface area contributed by atoms with Crippen molar-refractivity contribution >= 4 is 38.6 Å². The zero-order chi connectivity index (χ0) is 11.4. The highest BCUT2D eigenvalue weighted by atomic mass is 35.7. The molecule has 0 aliphatic carbocycles. The summed E-state index contributed by atoms with van der Waals surface area (Å²) in [6.45, 7) is 0. The fraction of sp³-hybridized carbons (Fsp3) is 0.125. The third kappa shape index (κ3) is 3.37. The van der Waals surface area contributed by atoms with Crippen molar-refractivity contribution in [3.63, 3.8) is 0 Å². The molecule has 0 aliphatic heterocycles. The molecule has 15 heavy (non-hydrogen) atoms. The minimum atomic E-state index is -1.93. The number of nitrogens with zero attached hydrogens (tertiary/aromatic N) is 1. The molecule has 1 rings (SSSR count). The van der Waals surface area contributed by atoms with Gasteiger partial charge in [-0.15, -0.1) is 0 Å². The van der Waals surface area contributed by atoms with Gasteiger partial charge in [-0.05, 0) is 12.1 Å². The molecule has 0 aliphatic rings. The van der Waals surface area contributed by atoms with Crippen LogP contribution < -0.4 is 4.74 Å². The van der Waals surface area contributed by atoms with E-state index in [4.69, 9.17) is 27.0 Å². The predicted molar refractivity (Wildman–Crippen MR) is 59.2 cm³/mol. The van der Waals surface area contributed by atoms with Gasteiger partial charge in [0.1, 0.15) is 0 Å². The van der Waals surface area contributed by atoms with Crippen LogP contribution in [0.1, 0.15) is 0 Å². The number of rotatable bonds is 2. The zero-order valence-corrected chi connectivity index (χ0v) is 9.97. The monoisotopic (exact) mass is 267 g/mol. The Morgan fingerprint density at radius 2 is 2.07 bits per heavy atom. The Balaban J connectivity index is 2.75. The first-order valence-electron chi connectivity index (χ1n) is 3.80. The second-order valence-electron chi connectivity index (χ2n) is 2.50. The Morgan fingerprint density at radius 1 is 1.47 bits per heavy atom. The van der Waals surface area contributed by atoms with Gasteiger partial charge in [-0.25, -0.2) is 13.3 Å². The van der Waals surface area contributed by atoms with E-state index in [1.807, 2.05) is 0 Å². The molecule has 1 aromatic carbocycles. The molecule has 7 heteroatoms. The zero-order valence-electron chi connectivity index (χ0n) is 7.65. The Bertz CT molecular complexity index is 399. The van der Waals surface area contributed by atoms with Gasteiger partial charge in [0.2, 0.25) is 10.2 Å². The van der Waals surface area contributed by atoms with Crippen LogP contribution in [0.3, 0.4) is 0 Å². The molecule has 1 amide bonds. The van der Waals surface area contributed by atoms with Crippen LogP contribution in [0.15, 0.2) is 24.3 Å².